The van der Waals surface area contributed by atoms with Gasteiger partial charge in [0, 0.05) is 45.0 Å². The Labute approximate surface area is 214 Å². The highest BCUT2D eigenvalue weighted by atomic mass is 16.5. The molecule has 1 atom stereocenters. The van der Waals surface area contributed by atoms with E-state index in [1.54, 1.807) is 5.56 Å². The van der Waals surface area contributed by atoms with Crippen molar-refractivity contribution in [2.75, 3.05) is 63.9 Å². The molecule has 1 aromatic carbocycles. The molecule has 0 aromatic heterocycles. The van der Waals surface area contributed by atoms with Crippen molar-refractivity contribution in [1.82, 2.24) is 9.80 Å². The van der Waals surface area contributed by atoms with Gasteiger partial charge in [-0.3, -0.25) is 9.80 Å². The van der Waals surface area contributed by atoms with Gasteiger partial charge in [0.1, 0.15) is 6.29 Å². The van der Waals surface area contributed by atoms with E-state index in [1.807, 2.05) is 0 Å². The second-order valence-electron chi connectivity index (χ2n) is 12.2. The Hall–Kier alpha value is -1.43. The quantitative estimate of drug-likeness (QED) is 0.456. The van der Waals surface area contributed by atoms with Gasteiger partial charge in [-0.25, -0.2) is 0 Å². The Morgan fingerprint density at radius 1 is 1.00 bits per heavy atom. The summed E-state index contributed by atoms with van der Waals surface area (Å²) in [5.41, 5.74) is 4.70. The lowest BCUT2D eigenvalue weighted by Gasteiger charge is -2.41. The van der Waals surface area contributed by atoms with E-state index in [0.29, 0.717) is 24.5 Å². The first kappa shape index (κ1) is 26.6. The predicted octanol–water partition coefficient (Wildman–Crippen LogP) is 5.50. The van der Waals surface area contributed by atoms with Crippen molar-refractivity contribution in [2.45, 2.75) is 78.2 Å². The summed E-state index contributed by atoms with van der Waals surface area (Å²) in [5, 5.41) is 0. The third-order valence-corrected chi connectivity index (χ3v) is 8.84. The summed E-state index contributed by atoms with van der Waals surface area (Å²) in [6.45, 7) is 18.1. The third kappa shape index (κ3) is 6.87. The van der Waals surface area contributed by atoms with E-state index in [1.165, 1.54) is 56.3 Å². The third-order valence-electron chi connectivity index (χ3n) is 8.84. The SMILES string of the molecule is CCCCN1CCN(c2cc(C3CN(CC=O)CCO3)ccc2C2CCC(C(C)(C)C)CC2)CC1. The van der Waals surface area contributed by atoms with E-state index >= 15 is 0 Å². The minimum atomic E-state index is 0.0546. The zero-order valence-electron chi connectivity index (χ0n) is 22.8. The van der Waals surface area contributed by atoms with Gasteiger partial charge < -0.3 is 14.4 Å². The second kappa shape index (κ2) is 12.2. The normalized spacial score (nSPS) is 27.2. The average molecular weight is 484 g/mol. The minimum absolute atomic E-state index is 0.0546. The molecule has 196 valence electrons. The number of ether oxygens (including phenoxy) is 1. The van der Waals surface area contributed by atoms with Crippen LogP contribution in [0, 0.1) is 11.3 Å². The highest BCUT2D eigenvalue weighted by molar-refractivity contribution is 5.58. The number of hydrogen-bond donors (Lipinski definition) is 0. The van der Waals surface area contributed by atoms with Crippen molar-refractivity contribution in [1.29, 1.82) is 0 Å². The predicted molar refractivity (Wildman–Crippen MR) is 145 cm³/mol. The monoisotopic (exact) mass is 483 g/mol. The van der Waals surface area contributed by atoms with Gasteiger partial charge in [0.15, 0.2) is 0 Å². The minimum Gasteiger partial charge on any atom is -0.371 e. The Bertz CT molecular complexity index is 804. The smallest absolute Gasteiger partial charge is 0.133 e. The fourth-order valence-corrected chi connectivity index (χ4v) is 6.42. The van der Waals surface area contributed by atoms with Crippen molar-refractivity contribution >= 4 is 12.0 Å². The summed E-state index contributed by atoms with van der Waals surface area (Å²) in [6, 6.07) is 7.20. The molecule has 4 rings (SSSR count). The van der Waals surface area contributed by atoms with E-state index in [2.05, 4.69) is 60.6 Å². The van der Waals surface area contributed by atoms with Crippen LogP contribution in [0.25, 0.3) is 0 Å². The van der Waals surface area contributed by atoms with Crippen LogP contribution < -0.4 is 4.90 Å². The first-order valence-electron chi connectivity index (χ1n) is 14.3. The molecule has 0 N–H and O–H groups in total. The molecule has 0 amide bonds. The lowest BCUT2D eigenvalue weighted by molar-refractivity contribution is -0.111. The maximum atomic E-state index is 11.1. The molecule has 2 aliphatic heterocycles. The van der Waals surface area contributed by atoms with Crippen LogP contribution in [0.15, 0.2) is 18.2 Å². The van der Waals surface area contributed by atoms with Crippen LogP contribution in [-0.4, -0.2) is 75.1 Å². The van der Waals surface area contributed by atoms with E-state index in [9.17, 15) is 4.79 Å². The zero-order chi connectivity index (χ0) is 24.8. The van der Waals surface area contributed by atoms with Crippen molar-refractivity contribution in [2.24, 2.45) is 11.3 Å². The Balaban J connectivity index is 1.53. The van der Waals surface area contributed by atoms with Crippen LogP contribution in [0.1, 0.15) is 89.4 Å². The molecule has 35 heavy (non-hydrogen) atoms. The van der Waals surface area contributed by atoms with Gasteiger partial charge in [0.25, 0.3) is 0 Å². The number of morpholine rings is 1. The molecule has 3 fully saturated rings. The lowest BCUT2D eigenvalue weighted by atomic mass is 9.68. The molecule has 2 heterocycles. The highest BCUT2D eigenvalue weighted by Gasteiger charge is 2.32. The number of benzene rings is 1. The van der Waals surface area contributed by atoms with Crippen LogP contribution in [0.4, 0.5) is 5.69 Å². The van der Waals surface area contributed by atoms with E-state index in [4.69, 9.17) is 4.74 Å². The highest BCUT2D eigenvalue weighted by Crippen LogP contribution is 2.45. The molecule has 5 nitrogen and oxygen atoms in total. The average Bonchev–Trinajstić information content (AvgIpc) is 2.87. The van der Waals surface area contributed by atoms with Crippen LogP contribution in [0.5, 0.6) is 0 Å². The van der Waals surface area contributed by atoms with Crippen LogP contribution in [-0.2, 0) is 9.53 Å². The number of carbonyl (C=O) groups is 1. The van der Waals surface area contributed by atoms with Gasteiger partial charge in [-0.1, -0.05) is 46.2 Å². The Kier molecular flexibility index (Phi) is 9.29. The maximum absolute atomic E-state index is 11.1. The molecule has 0 bridgehead atoms. The molecule has 5 heteroatoms. The maximum Gasteiger partial charge on any atom is 0.133 e. The molecule has 0 spiro atoms. The summed E-state index contributed by atoms with van der Waals surface area (Å²) >= 11 is 0. The van der Waals surface area contributed by atoms with Gasteiger partial charge in [0.05, 0.1) is 19.3 Å². The number of piperazine rings is 1. The van der Waals surface area contributed by atoms with Crippen LogP contribution >= 0.6 is 0 Å². The summed E-state index contributed by atoms with van der Waals surface area (Å²) in [6.07, 6.45) is 8.93. The van der Waals surface area contributed by atoms with E-state index < -0.39 is 0 Å². The Morgan fingerprint density at radius 3 is 2.40 bits per heavy atom. The van der Waals surface area contributed by atoms with E-state index in [0.717, 1.165) is 51.5 Å². The number of carbonyl (C=O) groups excluding carboxylic acids is 1. The van der Waals surface area contributed by atoms with E-state index in [-0.39, 0.29) is 6.10 Å². The summed E-state index contributed by atoms with van der Waals surface area (Å²) < 4.78 is 6.20. The van der Waals surface area contributed by atoms with Crippen molar-refractivity contribution < 1.29 is 9.53 Å². The largest absolute Gasteiger partial charge is 0.371 e. The summed E-state index contributed by atoms with van der Waals surface area (Å²) in [4.78, 5) is 18.6. The number of nitrogens with zero attached hydrogens (tertiary/aromatic N) is 3. The molecule has 1 aromatic rings. The lowest BCUT2D eigenvalue weighted by Crippen LogP contribution is -2.47. The van der Waals surface area contributed by atoms with Gasteiger partial charge in [0.2, 0.25) is 0 Å². The summed E-state index contributed by atoms with van der Waals surface area (Å²) in [7, 11) is 0. The Morgan fingerprint density at radius 2 is 1.74 bits per heavy atom. The number of rotatable bonds is 8. The molecule has 1 aliphatic carbocycles. The number of unbranched alkanes of at least 4 members (excludes halogenated alkanes) is 1. The first-order valence-corrected chi connectivity index (χ1v) is 14.3. The van der Waals surface area contributed by atoms with Gasteiger partial charge >= 0.3 is 0 Å². The van der Waals surface area contributed by atoms with Crippen molar-refractivity contribution in [3.8, 4) is 0 Å². The number of hydrogen-bond acceptors (Lipinski definition) is 5. The summed E-state index contributed by atoms with van der Waals surface area (Å²) in [5.74, 6) is 1.50. The second-order valence-corrected chi connectivity index (χ2v) is 12.2. The fourth-order valence-electron chi connectivity index (χ4n) is 6.42. The first-order chi connectivity index (χ1) is 16.9. The molecular weight excluding hydrogens is 434 g/mol. The van der Waals surface area contributed by atoms with Crippen molar-refractivity contribution in [3.05, 3.63) is 29.3 Å². The topological polar surface area (TPSA) is 36.0 Å². The fraction of sp³-hybridized carbons (Fsp3) is 0.767. The zero-order valence-corrected chi connectivity index (χ0v) is 22.8. The van der Waals surface area contributed by atoms with Gasteiger partial charge in [-0.15, -0.1) is 0 Å². The molecule has 1 saturated carbocycles. The number of anilines is 1. The van der Waals surface area contributed by atoms with Gasteiger partial charge in [-0.2, -0.15) is 0 Å². The van der Waals surface area contributed by atoms with Crippen LogP contribution in [0.2, 0.25) is 0 Å². The standard InChI is InChI=1S/C30H49N3O2/c1-5-6-13-31-14-16-33(17-15-31)28-22-25(29-23-32(18-20-34)19-21-35-29)9-12-27(28)24-7-10-26(11-8-24)30(2,3)4/h9,12,20,22,24,26,29H,5-8,10-11,13-19,21,23H2,1-4H3. The molecular formula is C30H49N3O2. The molecule has 1 unspecified atom stereocenters. The molecule has 0 radical (unpaired) electrons. The molecule has 2 saturated heterocycles. The van der Waals surface area contributed by atoms with Crippen molar-refractivity contribution in [3.63, 3.8) is 0 Å². The number of aldehydes is 1. The van der Waals surface area contributed by atoms with Crippen LogP contribution in [0.3, 0.4) is 0 Å². The van der Waals surface area contributed by atoms with Gasteiger partial charge in [-0.05, 0) is 73.1 Å². The molecule has 3 aliphatic rings.